The van der Waals surface area contributed by atoms with Crippen molar-refractivity contribution in [2.24, 2.45) is 0 Å². The minimum absolute atomic E-state index is 0.202. The van der Waals surface area contributed by atoms with E-state index < -0.39 is 0 Å². The molecule has 1 aliphatic rings. The number of hydrogen-bond acceptors (Lipinski definition) is 4. The van der Waals surface area contributed by atoms with Crippen LogP contribution in [0.2, 0.25) is 0 Å². The molecule has 0 spiro atoms. The molecular formula is C29H30O3S. The molecule has 1 aliphatic heterocycles. The number of ether oxygens (including phenoxy) is 3. The monoisotopic (exact) mass is 458 g/mol. The molecule has 3 aromatic rings. The first-order valence-corrected chi connectivity index (χ1v) is 12.2. The topological polar surface area (TPSA) is 27.7 Å². The third-order valence-corrected chi connectivity index (χ3v) is 6.91. The van der Waals surface area contributed by atoms with E-state index in [1.165, 1.54) is 27.2 Å². The van der Waals surface area contributed by atoms with Crippen LogP contribution in [0.15, 0.2) is 84.9 Å². The van der Waals surface area contributed by atoms with Crippen LogP contribution < -0.4 is 14.2 Å². The summed E-state index contributed by atoms with van der Waals surface area (Å²) in [6.45, 7) is 2.93. The minimum atomic E-state index is 0.202. The van der Waals surface area contributed by atoms with Crippen LogP contribution in [0.1, 0.15) is 41.7 Å². The molecule has 0 aliphatic carbocycles. The molecule has 33 heavy (non-hydrogen) atoms. The lowest BCUT2D eigenvalue weighted by Gasteiger charge is -2.23. The number of methoxy groups -OCH3 is 2. The summed E-state index contributed by atoms with van der Waals surface area (Å²) in [7, 11) is 3.39. The van der Waals surface area contributed by atoms with Gasteiger partial charge in [0.25, 0.3) is 0 Å². The van der Waals surface area contributed by atoms with Crippen molar-refractivity contribution in [2.75, 3.05) is 20.8 Å². The zero-order valence-corrected chi connectivity index (χ0v) is 20.2. The SMILES string of the molecule is CCCCOc1ccc(C2=CC(c3ccc(OC)cc3)SC(c3ccc(OC)cc3)=C2)cc1. The highest BCUT2D eigenvalue weighted by Crippen LogP contribution is 2.47. The first kappa shape index (κ1) is 23.1. The Morgan fingerprint density at radius 1 is 0.727 bits per heavy atom. The van der Waals surface area contributed by atoms with Crippen LogP contribution in [0.25, 0.3) is 10.5 Å². The van der Waals surface area contributed by atoms with Crippen LogP contribution in [0.3, 0.4) is 0 Å². The van der Waals surface area contributed by atoms with Gasteiger partial charge >= 0.3 is 0 Å². The first-order chi connectivity index (χ1) is 16.2. The van der Waals surface area contributed by atoms with Crippen LogP contribution >= 0.6 is 11.8 Å². The molecule has 0 fully saturated rings. The van der Waals surface area contributed by atoms with Gasteiger partial charge in [0.1, 0.15) is 17.2 Å². The van der Waals surface area contributed by atoms with Gasteiger partial charge in [-0.1, -0.05) is 55.8 Å². The van der Waals surface area contributed by atoms with Crippen LogP contribution in [0.5, 0.6) is 17.2 Å². The maximum atomic E-state index is 5.85. The quantitative estimate of drug-likeness (QED) is 0.306. The minimum Gasteiger partial charge on any atom is -0.497 e. The number of unbranched alkanes of at least 4 members (excludes halogenated alkanes) is 1. The zero-order valence-electron chi connectivity index (χ0n) is 19.4. The summed E-state index contributed by atoms with van der Waals surface area (Å²) in [4.78, 5) is 1.24. The van der Waals surface area contributed by atoms with Crippen LogP contribution in [0, 0.1) is 0 Å². The van der Waals surface area contributed by atoms with Crippen molar-refractivity contribution in [3.63, 3.8) is 0 Å². The molecule has 1 atom stereocenters. The predicted octanol–water partition coefficient (Wildman–Crippen LogP) is 7.80. The first-order valence-electron chi connectivity index (χ1n) is 11.3. The average Bonchev–Trinajstić information content (AvgIpc) is 2.89. The van der Waals surface area contributed by atoms with E-state index >= 15 is 0 Å². The van der Waals surface area contributed by atoms with Gasteiger partial charge in [-0.05, 0) is 71.2 Å². The van der Waals surface area contributed by atoms with Crippen LogP contribution in [-0.2, 0) is 0 Å². The lowest BCUT2D eigenvalue weighted by molar-refractivity contribution is 0.309. The van der Waals surface area contributed by atoms with Gasteiger partial charge in [0.05, 0.1) is 26.1 Å². The summed E-state index contributed by atoms with van der Waals surface area (Å²) in [5.74, 6) is 2.65. The summed E-state index contributed by atoms with van der Waals surface area (Å²) in [6.07, 6.45) is 6.82. The average molecular weight is 459 g/mol. The molecule has 0 aromatic heterocycles. The molecule has 3 nitrogen and oxygen atoms in total. The second kappa shape index (κ2) is 11.2. The van der Waals surface area contributed by atoms with Crippen molar-refractivity contribution in [2.45, 2.75) is 25.0 Å². The van der Waals surface area contributed by atoms with E-state index in [-0.39, 0.29) is 5.25 Å². The third-order valence-electron chi connectivity index (χ3n) is 5.64. The molecule has 1 heterocycles. The molecule has 170 valence electrons. The molecule has 0 radical (unpaired) electrons. The molecule has 4 rings (SSSR count). The molecule has 1 unspecified atom stereocenters. The van der Waals surface area contributed by atoms with Crippen LogP contribution in [-0.4, -0.2) is 20.8 Å². The molecule has 0 bridgehead atoms. The second-order valence-corrected chi connectivity index (χ2v) is 9.08. The summed E-state index contributed by atoms with van der Waals surface area (Å²) < 4.78 is 16.5. The number of rotatable bonds is 9. The lowest BCUT2D eigenvalue weighted by Crippen LogP contribution is -1.99. The largest absolute Gasteiger partial charge is 0.497 e. The molecule has 0 saturated heterocycles. The van der Waals surface area contributed by atoms with E-state index in [1.807, 2.05) is 36.0 Å². The van der Waals surface area contributed by atoms with Crippen LogP contribution in [0.4, 0.5) is 0 Å². The second-order valence-electron chi connectivity index (χ2n) is 7.90. The standard InChI is InChI=1S/C29H30O3S/c1-4-5-18-32-27-16-6-21(7-17-27)24-19-28(22-8-12-25(30-2)13-9-22)33-29(20-24)23-10-14-26(31-3)15-11-23/h6-17,19-20,28H,4-5,18H2,1-3H3. The van der Waals surface area contributed by atoms with Gasteiger partial charge in [0.15, 0.2) is 0 Å². The number of thioether (sulfide) groups is 1. The van der Waals surface area contributed by atoms with Crippen molar-refractivity contribution in [1.29, 1.82) is 0 Å². The van der Waals surface area contributed by atoms with Gasteiger partial charge in [-0.25, -0.2) is 0 Å². The Labute approximate surface area is 201 Å². The smallest absolute Gasteiger partial charge is 0.119 e. The normalized spacial score (nSPS) is 15.4. The summed E-state index contributed by atoms with van der Waals surface area (Å²) >= 11 is 1.86. The molecular weight excluding hydrogens is 428 g/mol. The highest BCUT2D eigenvalue weighted by molar-refractivity contribution is 8.08. The van der Waals surface area contributed by atoms with Gasteiger partial charge in [-0.3, -0.25) is 0 Å². The fraction of sp³-hybridized carbons (Fsp3) is 0.241. The Morgan fingerprint density at radius 2 is 1.30 bits per heavy atom. The summed E-state index contributed by atoms with van der Waals surface area (Å²) in [5, 5.41) is 0.202. The fourth-order valence-electron chi connectivity index (χ4n) is 3.68. The highest BCUT2D eigenvalue weighted by atomic mass is 32.2. The van der Waals surface area contributed by atoms with E-state index in [0.717, 1.165) is 36.7 Å². The number of hydrogen-bond donors (Lipinski definition) is 0. The predicted molar refractivity (Wildman–Crippen MR) is 139 cm³/mol. The van der Waals surface area contributed by atoms with E-state index in [1.54, 1.807) is 14.2 Å². The third kappa shape index (κ3) is 5.82. The van der Waals surface area contributed by atoms with E-state index in [4.69, 9.17) is 14.2 Å². The number of allylic oxidation sites excluding steroid dienone is 2. The van der Waals surface area contributed by atoms with E-state index in [0.29, 0.717) is 0 Å². The molecule has 0 N–H and O–H groups in total. The van der Waals surface area contributed by atoms with Gasteiger partial charge in [0, 0.05) is 4.91 Å². The maximum Gasteiger partial charge on any atom is 0.119 e. The highest BCUT2D eigenvalue weighted by Gasteiger charge is 2.20. The summed E-state index contributed by atoms with van der Waals surface area (Å²) in [5.41, 5.74) is 4.82. The summed E-state index contributed by atoms with van der Waals surface area (Å²) in [6, 6.07) is 25.0. The van der Waals surface area contributed by atoms with Gasteiger partial charge in [-0.2, -0.15) is 0 Å². The van der Waals surface area contributed by atoms with Gasteiger partial charge < -0.3 is 14.2 Å². The molecule has 0 saturated carbocycles. The Kier molecular flexibility index (Phi) is 7.79. The Balaban J connectivity index is 1.65. The van der Waals surface area contributed by atoms with Gasteiger partial charge in [0.2, 0.25) is 0 Å². The van der Waals surface area contributed by atoms with Crippen molar-refractivity contribution in [3.05, 3.63) is 102 Å². The van der Waals surface area contributed by atoms with E-state index in [2.05, 4.69) is 67.6 Å². The van der Waals surface area contributed by atoms with Gasteiger partial charge in [-0.15, -0.1) is 11.8 Å². The van der Waals surface area contributed by atoms with Crippen molar-refractivity contribution in [3.8, 4) is 17.2 Å². The molecule has 4 heteroatoms. The van der Waals surface area contributed by atoms with Crippen molar-refractivity contribution < 1.29 is 14.2 Å². The van der Waals surface area contributed by atoms with E-state index in [9.17, 15) is 0 Å². The van der Waals surface area contributed by atoms with Crippen molar-refractivity contribution >= 4 is 22.2 Å². The Morgan fingerprint density at radius 3 is 1.91 bits per heavy atom. The molecule has 0 amide bonds. The Bertz CT molecular complexity index is 1100. The Hall–Kier alpha value is -3.11. The fourth-order valence-corrected chi connectivity index (χ4v) is 4.93. The molecule has 3 aromatic carbocycles. The zero-order chi connectivity index (χ0) is 23.0. The lowest BCUT2D eigenvalue weighted by atomic mass is 10.00. The van der Waals surface area contributed by atoms with Crippen molar-refractivity contribution in [1.82, 2.24) is 0 Å². The maximum absolute atomic E-state index is 5.85. The number of benzene rings is 3.